The molecule has 0 unspecified atom stereocenters. The predicted octanol–water partition coefficient (Wildman–Crippen LogP) is 4.05. The minimum Gasteiger partial charge on any atom is -0.493 e. The van der Waals surface area contributed by atoms with Crippen molar-refractivity contribution in [1.82, 2.24) is 0 Å². The van der Waals surface area contributed by atoms with Gasteiger partial charge in [0.05, 0.1) is 24.6 Å². The third-order valence-corrected chi connectivity index (χ3v) is 7.05. The molecule has 4 aliphatic carbocycles. The molecule has 146 valence electrons. The second-order valence-corrected chi connectivity index (χ2v) is 8.41. The van der Waals surface area contributed by atoms with E-state index in [-0.39, 0.29) is 35.5 Å². The lowest BCUT2D eigenvalue weighted by atomic mass is 9.63. The van der Waals surface area contributed by atoms with Gasteiger partial charge in [-0.3, -0.25) is 14.5 Å². The Bertz CT molecular complexity index is 1010. The number of carbonyl (C=O) groups excluding carboxylic acids is 2. The second-order valence-electron chi connectivity index (χ2n) is 8.41. The number of methoxy groups -OCH3 is 1. The van der Waals surface area contributed by atoms with Gasteiger partial charge in [-0.15, -0.1) is 0 Å². The van der Waals surface area contributed by atoms with Crippen LogP contribution in [0.4, 0.5) is 5.69 Å². The fraction of sp³-hybridized carbons (Fsp3) is 0.333. The molecule has 2 aromatic rings. The highest BCUT2D eigenvalue weighted by Crippen LogP contribution is 2.65. The van der Waals surface area contributed by atoms with Gasteiger partial charge in [0.25, 0.3) is 0 Å². The molecule has 1 aliphatic heterocycles. The third kappa shape index (κ3) is 2.33. The molecule has 5 aliphatic rings. The number of amides is 2. The lowest BCUT2D eigenvalue weighted by molar-refractivity contribution is -0.124. The van der Waals surface area contributed by atoms with Crippen molar-refractivity contribution in [3.05, 3.63) is 60.7 Å². The highest BCUT2D eigenvalue weighted by atomic mass is 16.5. The third-order valence-electron chi connectivity index (χ3n) is 7.05. The van der Waals surface area contributed by atoms with E-state index in [0.29, 0.717) is 34.8 Å². The van der Waals surface area contributed by atoms with Crippen LogP contribution in [0.15, 0.2) is 60.7 Å². The molecule has 2 saturated carbocycles. The molecule has 0 aromatic heterocycles. The number of hydrogen-bond acceptors (Lipinski definition) is 4. The van der Waals surface area contributed by atoms with Crippen LogP contribution in [0.5, 0.6) is 17.2 Å². The van der Waals surface area contributed by atoms with E-state index in [1.54, 1.807) is 31.4 Å². The van der Waals surface area contributed by atoms with Crippen molar-refractivity contribution in [1.29, 1.82) is 0 Å². The average molecular weight is 387 g/mol. The summed E-state index contributed by atoms with van der Waals surface area (Å²) in [5.74, 6) is 3.16. The molecular weight excluding hydrogens is 366 g/mol. The molecule has 2 amide bonds. The first-order valence-electron chi connectivity index (χ1n) is 10.1. The summed E-state index contributed by atoms with van der Waals surface area (Å²) in [6, 6.07) is 14.6. The van der Waals surface area contributed by atoms with E-state index in [1.807, 2.05) is 24.3 Å². The van der Waals surface area contributed by atoms with Gasteiger partial charge in [-0.2, -0.15) is 0 Å². The molecule has 0 radical (unpaired) electrons. The number of nitrogens with zero attached hydrogens (tertiary/aromatic N) is 1. The van der Waals surface area contributed by atoms with Crippen molar-refractivity contribution < 1.29 is 19.1 Å². The Balaban J connectivity index is 1.26. The average Bonchev–Trinajstić information content (AvgIpc) is 3.53. The van der Waals surface area contributed by atoms with Crippen molar-refractivity contribution in [3.63, 3.8) is 0 Å². The van der Waals surface area contributed by atoms with Gasteiger partial charge in [-0.05, 0) is 66.5 Å². The molecule has 3 fully saturated rings. The molecular formula is C24H21NO4. The Kier molecular flexibility index (Phi) is 3.46. The molecule has 1 saturated heterocycles. The SMILES string of the molecule is COc1ccccc1Oc1ccc(N2C(=O)[C@H]3[C@@H]4C=C[C@H]([C@H]5C[C@H]45)[C@@H]3C2=O)cc1. The molecule has 5 nitrogen and oxygen atoms in total. The number of imide groups is 1. The normalized spacial score (nSPS) is 33.5. The maximum absolute atomic E-state index is 13.2. The van der Waals surface area contributed by atoms with Crippen LogP contribution < -0.4 is 14.4 Å². The van der Waals surface area contributed by atoms with E-state index in [1.165, 1.54) is 11.3 Å². The van der Waals surface area contributed by atoms with E-state index in [0.717, 1.165) is 0 Å². The van der Waals surface area contributed by atoms with E-state index in [9.17, 15) is 9.59 Å². The Morgan fingerprint density at radius 3 is 2.00 bits per heavy atom. The minimum atomic E-state index is -0.175. The summed E-state index contributed by atoms with van der Waals surface area (Å²) in [5.41, 5.74) is 0.620. The summed E-state index contributed by atoms with van der Waals surface area (Å²) < 4.78 is 11.2. The Morgan fingerprint density at radius 1 is 0.828 bits per heavy atom. The summed E-state index contributed by atoms with van der Waals surface area (Å²) in [4.78, 5) is 27.8. The van der Waals surface area contributed by atoms with Gasteiger partial charge in [-0.1, -0.05) is 24.3 Å². The van der Waals surface area contributed by atoms with Gasteiger partial charge >= 0.3 is 0 Å². The van der Waals surface area contributed by atoms with Gasteiger partial charge in [0.15, 0.2) is 11.5 Å². The lowest BCUT2D eigenvalue weighted by Crippen LogP contribution is -2.40. The van der Waals surface area contributed by atoms with Crippen LogP contribution >= 0.6 is 0 Å². The van der Waals surface area contributed by atoms with E-state index < -0.39 is 0 Å². The molecule has 7 rings (SSSR count). The molecule has 1 heterocycles. The monoisotopic (exact) mass is 387 g/mol. The summed E-state index contributed by atoms with van der Waals surface area (Å²) >= 11 is 0. The van der Waals surface area contributed by atoms with Crippen LogP contribution in [0.2, 0.25) is 0 Å². The maximum Gasteiger partial charge on any atom is 0.238 e. The number of benzene rings is 2. The zero-order valence-corrected chi connectivity index (χ0v) is 16.0. The predicted molar refractivity (Wildman–Crippen MR) is 107 cm³/mol. The fourth-order valence-electron chi connectivity index (χ4n) is 5.70. The smallest absolute Gasteiger partial charge is 0.238 e. The van der Waals surface area contributed by atoms with E-state index in [2.05, 4.69) is 12.2 Å². The first kappa shape index (κ1) is 16.8. The molecule has 0 spiro atoms. The molecule has 0 N–H and O–H groups in total. The highest BCUT2D eigenvalue weighted by Gasteiger charge is 2.67. The molecule has 29 heavy (non-hydrogen) atoms. The number of carbonyl (C=O) groups is 2. The lowest BCUT2D eigenvalue weighted by Gasteiger charge is -2.37. The fourth-order valence-corrected chi connectivity index (χ4v) is 5.70. The number of para-hydroxylation sites is 2. The van der Waals surface area contributed by atoms with Crippen molar-refractivity contribution in [2.75, 3.05) is 12.0 Å². The number of allylic oxidation sites excluding steroid dienone is 2. The first-order valence-corrected chi connectivity index (χ1v) is 10.1. The van der Waals surface area contributed by atoms with Crippen molar-refractivity contribution in [2.24, 2.45) is 35.5 Å². The molecule has 6 atom stereocenters. The van der Waals surface area contributed by atoms with Crippen LogP contribution in [-0.2, 0) is 9.59 Å². The summed E-state index contributed by atoms with van der Waals surface area (Å²) in [5, 5.41) is 0. The largest absolute Gasteiger partial charge is 0.493 e. The van der Waals surface area contributed by atoms with Gasteiger partial charge in [-0.25, -0.2) is 0 Å². The van der Waals surface area contributed by atoms with Crippen molar-refractivity contribution in [3.8, 4) is 17.2 Å². The number of rotatable bonds is 4. The Labute approximate surface area is 168 Å². The summed E-state index contributed by atoms with van der Waals surface area (Å²) in [6.45, 7) is 0. The maximum atomic E-state index is 13.2. The van der Waals surface area contributed by atoms with Crippen molar-refractivity contribution >= 4 is 17.5 Å². The second kappa shape index (κ2) is 5.96. The van der Waals surface area contributed by atoms with E-state index >= 15 is 0 Å². The number of anilines is 1. The van der Waals surface area contributed by atoms with Crippen molar-refractivity contribution in [2.45, 2.75) is 6.42 Å². The molecule has 2 bridgehead atoms. The summed E-state index contributed by atoms with van der Waals surface area (Å²) in [7, 11) is 1.60. The number of hydrogen-bond donors (Lipinski definition) is 0. The van der Waals surface area contributed by atoms with Crippen LogP contribution in [0.3, 0.4) is 0 Å². The Morgan fingerprint density at radius 2 is 1.41 bits per heavy atom. The van der Waals surface area contributed by atoms with E-state index in [4.69, 9.17) is 9.47 Å². The molecule has 2 aromatic carbocycles. The van der Waals surface area contributed by atoms with Gasteiger partial charge in [0.2, 0.25) is 11.8 Å². The summed E-state index contributed by atoms with van der Waals surface area (Å²) in [6.07, 6.45) is 5.56. The molecule has 5 heteroatoms. The zero-order valence-electron chi connectivity index (χ0n) is 16.0. The van der Waals surface area contributed by atoms with Gasteiger partial charge in [0.1, 0.15) is 5.75 Å². The topological polar surface area (TPSA) is 55.8 Å². The quantitative estimate of drug-likeness (QED) is 0.587. The van der Waals surface area contributed by atoms with Crippen LogP contribution in [0, 0.1) is 35.5 Å². The van der Waals surface area contributed by atoms with Gasteiger partial charge in [0, 0.05) is 0 Å². The first-order chi connectivity index (χ1) is 14.2. The van der Waals surface area contributed by atoms with Gasteiger partial charge < -0.3 is 9.47 Å². The van der Waals surface area contributed by atoms with Crippen LogP contribution in [-0.4, -0.2) is 18.9 Å². The standard InChI is InChI=1S/C24H21NO4/c1-28-19-4-2-3-5-20(19)29-14-8-6-13(7-9-14)25-23(26)21-15-10-11-16(18-12-17(15)18)22(21)24(25)27/h2-11,15-18,21-22H,12H2,1H3/t15-,16-,17-,18-,21+,22+/m1/s1. The Hall–Kier alpha value is -3.08. The zero-order chi connectivity index (χ0) is 19.7. The minimum absolute atomic E-state index is 0.0388. The van der Waals surface area contributed by atoms with Crippen LogP contribution in [0.1, 0.15) is 6.42 Å². The highest BCUT2D eigenvalue weighted by molar-refractivity contribution is 6.22. The van der Waals surface area contributed by atoms with Crippen LogP contribution in [0.25, 0.3) is 0 Å². The number of ether oxygens (including phenoxy) is 2.